The monoisotopic (exact) mass is 337 g/mol. The lowest BCUT2D eigenvalue weighted by Gasteiger charge is -2.08. The van der Waals surface area contributed by atoms with Gasteiger partial charge in [-0.1, -0.05) is 78.9 Å². The number of oxazole rings is 1. The summed E-state index contributed by atoms with van der Waals surface area (Å²) >= 11 is 0. The first kappa shape index (κ1) is 14.7. The highest BCUT2D eigenvalue weighted by Gasteiger charge is 2.20. The smallest absolute Gasteiger partial charge is 0.263 e. The second-order valence-corrected chi connectivity index (χ2v) is 6.05. The van der Waals surface area contributed by atoms with Gasteiger partial charge in [0.15, 0.2) is 5.76 Å². The normalized spacial score (nSPS) is 11.1. The third-order valence-corrected chi connectivity index (χ3v) is 4.50. The molecule has 0 saturated carbocycles. The van der Waals surface area contributed by atoms with E-state index in [2.05, 4.69) is 35.3 Å². The van der Waals surface area contributed by atoms with Crippen LogP contribution >= 0.6 is 0 Å². The van der Waals surface area contributed by atoms with Gasteiger partial charge >= 0.3 is 0 Å². The fraction of sp³-hybridized carbons (Fsp3) is 0. The zero-order chi connectivity index (χ0) is 17.3. The second-order valence-electron chi connectivity index (χ2n) is 6.05. The highest BCUT2D eigenvalue weighted by atomic mass is 16.4. The number of fused-ring (bicyclic) bond motifs is 1. The minimum absolute atomic E-state index is 0.490. The highest BCUT2D eigenvalue weighted by molar-refractivity contribution is 6.03. The third-order valence-electron chi connectivity index (χ3n) is 4.50. The molecule has 0 saturated heterocycles. The van der Waals surface area contributed by atoms with E-state index >= 15 is 0 Å². The van der Waals surface area contributed by atoms with E-state index < -0.39 is 0 Å². The molecule has 0 N–H and O–H groups in total. The van der Waals surface area contributed by atoms with E-state index in [1.54, 1.807) is 12.5 Å². The Morgan fingerprint density at radius 1 is 0.615 bits per heavy atom. The maximum absolute atomic E-state index is 6.30. The molecule has 0 radical (unpaired) electrons. The Morgan fingerprint density at radius 2 is 1.27 bits per heavy atom. The summed E-state index contributed by atoms with van der Waals surface area (Å²) in [6.45, 7) is 0. The Hall–Kier alpha value is -3.59. The van der Waals surface area contributed by atoms with Crippen LogP contribution in [-0.4, -0.2) is 4.98 Å². The van der Waals surface area contributed by atoms with E-state index in [1.165, 1.54) is 0 Å². The maximum atomic E-state index is 6.30. The molecule has 5 aromatic rings. The van der Waals surface area contributed by atoms with Crippen molar-refractivity contribution in [1.29, 1.82) is 0 Å². The number of hydrogen-bond donors (Lipinski definition) is 0. The quantitative estimate of drug-likeness (QED) is 0.381. The van der Waals surface area contributed by atoms with Crippen molar-refractivity contribution in [2.24, 2.45) is 0 Å². The van der Waals surface area contributed by atoms with Gasteiger partial charge in [-0.3, -0.25) is 0 Å². The molecule has 0 unspecified atom stereocenters. The summed E-state index contributed by atoms with van der Waals surface area (Å²) in [4.78, 5) is 4.26. The Kier molecular flexibility index (Phi) is 3.42. The number of benzene rings is 3. The van der Waals surface area contributed by atoms with Gasteiger partial charge in [0.05, 0.1) is 6.20 Å². The molecule has 2 heterocycles. The predicted octanol–water partition coefficient (Wildman–Crippen LogP) is 6.42. The van der Waals surface area contributed by atoms with Crippen LogP contribution in [-0.2, 0) is 0 Å². The lowest BCUT2D eigenvalue weighted by molar-refractivity contribution is 0.526. The molecular weight excluding hydrogens is 322 g/mol. The van der Waals surface area contributed by atoms with Gasteiger partial charge in [0.1, 0.15) is 12.0 Å². The van der Waals surface area contributed by atoms with E-state index in [0.717, 1.165) is 33.2 Å². The number of hydrogen-bond acceptors (Lipinski definition) is 3. The van der Waals surface area contributed by atoms with Crippen molar-refractivity contribution in [2.75, 3.05) is 0 Å². The van der Waals surface area contributed by atoms with Crippen molar-refractivity contribution < 1.29 is 8.83 Å². The summed E-state index contributed by atoms with van der Waals surface area (Å²) in [6.07, 6.45) is 3.19. The summed E-state index contributed by atoms with van der Waals surface area (Å²) in [6, 6.07) is 26.7. The molecule has 26 heavy (non-hydrogen) atoms. The van der Waals surface area contributed by atoms with Gasteiger partial charge in [0.2, 0.25) is 0 Å². The summed E-state index contributed by atoms with van der Waals surface area (Å²) in [7, 11) is 0. The van der Waals surface area contributed by atoms with Crippen LogP contribution in [0.5, 0.6) is 0 Å². The van der Waals surface area contributed by atoms with Gasteiger partial charge in [0, 0.05) is 16.3 Å². The first-order valence-corrected chi connectivity index (χ1v) is 8.48. The number of aromatic nitrogens is 1. The Balaban J connectivity index is 1.80. The van der Waals surface area contributed by atoms with E-state index in [0.29, 0.717) is 11.7 Å². The molecule has 3 aromatic carbocycles. The number of furan rings is 1. The van der Waals surface area contributed by atoms with Crippen molar-refractivity contribution in [3.8, 4) is 34.1 Å². The maximum Gasteiger partial charge on any atom is 0.263 e. The molecule has 2 aromatic heterocycles. The molecule has 3 heteroatoms. The Bertz CT molecular complexity index is 1170. The number of rotatable bonds is 3. The average molecular weight is 337 g/mol. The van der Waals surface area contributed by atoms with Crippen molar-refractivity contribution in [3.05, 3.63) is 91.3 Å². The molecule has 124 valence electrons. The van der Waals surface area contributed by atoms with E-state index in [9.17, 15) is 0 Å². The van der Waals surface area contributed by atoms with E-state index in [-0.39, 0.29) is 0 Å². The molecule has 0 amide bonds. The van der Waals surface area contributed by atoms with Crippen molar-refractivity contribution >= 4 is 10.8 Å². The van der Waals surface area contributed by atoms with Crippen LogP contribution in [0.2, 0.25) is 0 Å². The first-order valence-electron chi connectivity index (χ1n) is 8.48. The first-order chi connectivity index (χ1) is 12.9. The number of nitrogens with zero attached hydrogens (tertiary/aromatic N) is 1. The molecular formula is C23H15NO2. The zero-order valence-electron chi connectivity index (χ0n) is 13.9. The van der Waals surface area contributed by atoms with Crippen molar-refractivity contribution in [2.45, 2.75) is 0 Å². The standard InChI is InChI=1S/C23H15NO2/c1-2-8-16(9-3-1)17-10-4-5-11-18(17)21-19-12-6-7-13-20(19)22(26-21)23-24-14-15-25-23/h1-15H. The van der Waals surface area contributed by atoms with Crippen molar-refractivity contribution in [3.63, 3.8) is 0 Å². The minimum Gasteiger partial charge on any atom is -0.450 e. The lowest BCUT2D eigenvalue weighted by atomic mass is 9.96. The van der Waals surface area contributed by atoms with Crippen LogP contribution in [0.4, 0.5) is 0 Å². The Morgan fingerprint density at radius 3 is 2.00 bits per heavy atom. The fourth-order valence-corrected chi connectivity index (χ4v) is 3.34. The fourth-order valence-electron chi connectivity index (χ4n) is 3.34. The second kappa shape index (κ2) is 6.05. The molecule has 0 spiro atoms. The molecule has 3 nitrogen and oxygen atoms in total. The topological polar surface area (TPSA) is 39.2 Å². The molecule has 0 aliphatic heterocycles. The van der Waals surface area contributed by atoms with Crippen LogP contribution in [0.3, 0.4) is 0 Å². The molecule has 0 atom stereocenters. The van der Waals surface area contributed by atoms with Gasteiger partial charge in [-0.05, 0) is 11.1 Å². The zero-order valence-corrected chi connectivity index (χ0v) is 13.9. The van der Waals surface area contributed by atoms with Crippen LogP contribution in [0.1, 0.15) is 0 Å². The van der Waals surface area contributed by atoms with E-state index in [1.807, 2.05) is 48.5 Å². The largest absolute Gasteiger partial charge is 0.450 e. The molecule has 0 bridgehead atoms. The summed E-state index contributed by atoms with van der Waals surface area (Å²) in [5, 5.41) is 2.04. The van der Waals surface area contributed by atoms with E-state index in [4.69, 9.17) is 8.83 Å². The van der Waals surface area contributed by atoms with Gasteiger partial charge in [0.25, 0.3) is 5.89 Å². The Labute approximate surface area is 150 Å². The van der Waals surface area contributed by atoms with Crippen molar-refractivity contribution in [1.82, 2.24) is 4.98 Å². The van der Waals surface area contributed by atoms with Crippen LogP contribution in [0.25, 0.3) is 44.9 Å². The lowest BCUT2D eigenvalue weighted by Crippen LogP contribution is -1.83. The summed E-state index contributed by atoms with van der Waals surface area (Å²) in [5.41, 5.74) is 3.33. The predicted molar refractivity (Wildman–Crippen MR) is 103 cm³/mol. The molecule has 0 aliphatic carbocycles. The molecule has 0 fully saturated rings. The minimum atomic E-state index is 0.490. The summed E-state index contributed by atoms with van der Waals surface area (Å²) in [5.74, 6) is 1.97. The van der Waals surface area contributed by atoms with Crippen LogP contribution in [0, 0.1) is 0 Å². The SMILES string of the molecule is c1ccc(-c2ccccc2-c2oc(-c3ncco3)c3ccccc23)cc1. The van der Waals surface area contributed by atoms with Gasteiger partial charge in [-0.25, -0.2) is 4.98 Å². The third kappa shape index (κ3) is 2.33. The summed E-state index contributed by atoms with van der Waals surface area (Å²) < 4.78 is 11.8. The van der Waals surface area contributed by atoms with Crippen LogP contribution in [0.15, 0.2) is 100 Å². The molecule has 5 rings (SSSR count). The van der Waals surface area contributed by atoms with Gasteiger partial charge < -0.3 is 8.83 Å². The average Bonchev–Trinajstić information content (AvgIpc) is 3.36. The highest BCUT2D eigenvalue weighted by Crippen LogP contribution is 2.41. The molecule has 0 aliphatic rings. The van der Waals surface area contributed by atoms with Gasteiger partial charge in [-0.15, -0.1) is 0 Å². The van der Waals surface area contributed by atoms with Crippen LogP contribution < -0.4 is 0 Å². The van der Waals surface area contributed by atoms with Gasteiger partial charge in [-0.2, -0.15) is 0 Å².